The molecular formula is C17H20N2O. The van der Waals surface area contributed by atoms with Crippen LogP contribution in [0.1, 0.15) is 13.3 Å². The van der Waals surface area contributed by atoms with E-state index in [0.717, 1.165) is 26.2 Å². The van der Waals surface area contributed by atoms with Crippen LogP contribution in [-0.4, -0.2) is 37.0 Å². The van der Waals surface area contributed by atoms with Gasteiger partial charge in [-0.2, -0.15) is 0 Å². The molecule has 0 N–H and O–H groups in total. The molecule has 0 radical (unpaired) electrons. The lowest BCUT2D eigenvalue weighted by Crippen LogP contribution is -2.48. The number of benzene rings is 2. The fourth-order valence-electron chi connectivity index (χ4n) is 2.90. The van der Waals surface area contributed by atoms with Crippen molar-refractivity contribution < 1.29 is 4.79 Å². The van der Waals surface area contributed by atoms with E-state index in [4.69, 9.17) is 0 Å². The molecule has 2 aromatic rings. The van der Waals surface area contributed by atoms with Crippen LogP contribution in [0.5, 0.6) is 0 Å². The van der Waals surface area contributed by atoms with Crippen LogP contribution in [0.15, 0.2) is 42.5 Å². The number of rotatable bonds is 2. The minimum Gasteiger partial charge on any atom is -0.367 e. The maximum absolute atomic E-state index is 11.7. The van der Waals surface area contributed by atoms with Crippen LogP contribution in [0.2, 0.25) is 0 Å². The van der Waals surface area contributed by atoms with Gasteiger partial charge in [-0.3, -0.25) is 4.79 Å². The molecule has 0 spiro atoms. The van der Waals surface area contributed by atoms with Gasteiger partial charge in [-0.1, -0.05) is 43.3 Å². The van der Waals surface area contributed by atoms with Crippen LogP contribution in [0.3, 0.4) is 0 Å². The summed E-state index contributed by atoms with van der Waals surface area (Å²) >= 11 is 0. The number of piperazine rings is 1. The Bertz CT molecular complexity index is 610. The van der Waals surface area contributed by atoms with Gasteiger partial charge in [0.05, 0.1) is 0 Å². The smallest absolute Gasteiger partial charge is 0.222 e. The summed E-state index contributed by atoms with van der Waals surface area (Å²) in [5, 5.41) is 2.57. The van der Waals surface area contributed by atoms with Crippen molar-refractivity contribution in [3.8, 4) is 0 Å². The molecule has 0 aliphatic carbocycles. The van der Waals surface area contributed by atoms with Crippen molar-refractivity contribution in [2.45, 2.75) is 13.3 Å². The summed E-state index contributed by atoms with van der Waals surface area (Å²) in [6.45, 7) is 5.42. The van der Waals surface area contributed by atoms with Crippen molar-refractivity contribution in [2.24, 2.45) is 0 Å². The highest BCUT2D eigenvalue weighted by Gasteiger charge is 2.20. The van der Waals surface area contributed by atoms with E-state index in [1.165, 1.54) is 16.5 Å². The van der Waals surface area contributed by atoms with E-state index in [1.807, 2.05) is 11.8 Å². The Kier molecular flexibility index (Phi) is 3.59. The molecule has 1 aliphatic rings. The summed E-state index contributed by atoms with van der Waals surface area (Å²) in [5.74, 6) is 0.266. The molecule has 3 rings (SSSR count). The van der Waals surface area contributed by atoms with Gasteiger partial charge in [0.2, 0.25) is 5.91 Å². The fraction of sp³-hybridized carbons (Fsp3) is 0.353. The second-order valence-electron chi connectivity index (χ2n) is 5.22. The molecule has 1 fully saturated rings. The molecule has 104 valence electrons. The first kappa shape index (κ1) is 13.0. The van der Waals surface area contributed by atoms with Crippen molar-refractivity contribution in [1.29, 1.82) is 0 Å². The van der Waals surface area contributed by atoms with E-state index in [-0.39, 0.29) is 5.91 Å². The Morgan fingerprint density at radius 3 is 2.45 bits per heavy atom. The fourth-order valence-corrected chi connectivity index (χ4v) is 2.90. The Hall–Kier alpha value is -2.03. The highest BCUT2D eigenvalue weighted by atomic mass is 16.2. The Morgan fingerprint density at radius 2 is 1.70 bits per heavy atom. The van der Waals surface area contributed by atoms with Crippen LogP contribution in [0.4, 0.5) is 5.69 Å². The van der Waals surface area contributed by atoms with Crippen molar-refractivity contribution >= 4 is 22.4 Å². The third kappa shape index (κ3) is 2.36. The predicted molar refractivity (Wildman–Crippen MR) is 83.0 cm³/mol. The highest BCUT2D eigenvalue weighted by molar-refractivity contribution is 5.94. The average Bonchev–Trinajstić information content (AvgIpc) is 2.54. The van der Waals surface area contributed by atoms with Crippen LogP contribution >= 0.6 is 0 Å². The summed E-state index contributed by atoms with van der Waals surface area (Å²) in [7, 11) is 0. The third-order valence-electron chi connectivity index (χ3n) is 4.04. The Morgan fingerprint density at radius 1 is 1.00 bits per heavy atom. The molecule has 1 heterocycles. The van der Waals surface area contributed by atoms with E-state index in [0.29, 0.717) is 6.42 Å². The molecule has 1 saturated heterocycles. The maximum atomic E-state index is 11.7. The Labute approximate surface area is 119 Å². The molecule has 0 unspecified atom stereocenters. The minimum atomic E-state index is 0.266. The van der Waals surface area contributed by atoms with Crippen LogP contribution in [-0.2, 0) is 4.79 Å². The number of hydrogen-bond acceptors (Lipinski definition) is 2. The number of fused-ring (bicyclic) bond motifs is 1. The molecule has 3 nitrogen and oxygen atoms in total. The first-order valence-corrected chi connectivity index (χ1v) is 7.30. The maximum Gasteiger partial charge on any atom is 0.222 e. The molecule has 1 aliphatic heterocycles. The van der Waals surface area contributed by atoms with E-state index in [9.17, 15) is 4.79 Å². The standard InChI is InChI=1S/C17H20N2O/c1-2-17(20)19-12-10-18(11-13-19)16-9-5-7-14-6-3-4-8-15(14)16/h3-9H,2,10-13H2,1H3. The normalized spacial score (nSPS) is 15.7. The van der Waals surface area contributed by atoms with E-state index >= 15 is 0 Å². The summed E-state index contributed by atoms with van der Waals surface area (Å²) < 4.78 is 0. The van der Waals surface area contributed by atoms with Crippen LogP contribution in [0.25, 0.3) is 10.8 Å². The van der Waals surface area contributed by atoms with E-state index in [1.54, 1.807) is 0 Å². The van der Waals surface area contributed by atoms with Gasteiger partial charge in [0.1, 0.15) is 0 Å². The molecular weight excluding hydrogens is 248 g/mol. The zero-order valence-electron chi connectivity index (χ0n) is 11.9. The number of amides is 1. The topological polar surface area (TPSA) is 23.6 Å². The van der Waals surface area contributed by atoms with Crippen molar-refractivity contribution in [3.05, 3.63) is 42.5 Å². The van der Waals surface area contributed by atoms with Gasteiger partial charge >= 0.3 is 0 Å². The number of hydrogen-bond donors (Lipinski definition) is 0. The third-order valence-corrected chi connectivity index (χ3v) is 4.04. The average molecular weight is 268 g/mol. The monoisotopic (exact) mass is 268 g/mol. The second-order valence-corrected chi connectivity index (χ2v) is 5.22. The lowest BCUT2D eigenvalue weighted by atomic mass is 10.1. The van der Waals surface area contributed by atoms with Gasteiger partial charge in [0.25, 0.3) is 0 Å². The van der Waals surface area contributed by atoms with Gasteiger partial charge in [-0.25, -0.2) is 0 Å². The van der Waals surface area contributed by atoms with Crippen molar-refractivity contribution in [2.75, 3.05) is 31.1 Å². The largest absolute Gasteiger partial charge is 0.367 e. The lowest BCUT2D eigenvalue weighted by Gasteiger charge is -2.36. The molecule has 0 atom stereocenters. The number of nitrogens with zero attached hydrogens (tertiary/aromatic N) is 2. The van der Waals surface area contributed by atoms with E-state index in [2.05, 4.69) is 47.4 Å². The summed E-state index contributed by atoms with van der Waals surface area (Å²) in [6, 6.07) is 14.9. The minimum absolute atomic E-state index is 0.266. The Balaban J connectivity index is 1.82. The summed E-state index contributed by atoms with van der Waals surface area (Å²) in [6.07, 6.45) is 0.605. The number of carbonyl (C=O) groups excluding carboxylic acids is 1. The zero-order chi connectivity index (χ0) is 13.9. The molecule has 1 amide bonds. The molecule has 0 saturated carbocycles. The van der Waals surface area contributed by atoms with Crippen molar-refractivity contribution in [3.63, 3.8) is 0 Å². The number of anilines is 1. The summed E-state index contributed by atoms with van der Waals surface area (Å²) in [5.41, 5.74) is 1.28. The van der Waals surface area contributed by atoms with Gasteiger partial charge in [0, 0.05) is 43.7 Å². The van der Waals surface area contributed by atoms with Crippen LogP contribution in [0, 0.1) is 0 Å². The zero-order valence-corrected chi connectivity index (χ0v) is 11.9. The molecule has 3 heteroatoms. The molecule has 2 aromatic carbocycles. The second kappa shape index (κ2) is 5.53. The highest BCUT2D eigenvalue weighted by Crippen LogP contribution is 2.27. The molecule has 0 aromatic heterocycles. The van der Waals surface area contributed by atoms with Crippen molar-refractivity contribution in [1.82, 2.24) is 4.90 Å². The molecule has 20 heavy (non-hydrogen) atoms. The van der Waals surface area contributed by atoms with Gasteiger partial charge < -0.3 is 9.80 Å². The molecule has 0 bridgehead atoms. The van der Waals surface area contributed by atoms with E-state index < -0.39 is 0 Å². The first-order valence-electron chi connectivity index (χ1n) is 7.30. The lowest BCUT2D eigenvalue weighted by molar-refractivity contribution is -0.131. The van der Waals surface area contributed by atoms with Gasteiger partial charge in [-0.05, 0) is 11.5 Å². The predicted octanol–water partition coefficient (Wildman–Crippen LogP) is 2.90. The van der Waals surface area contributed by atoms with Gasteiger partial charge in [-0.15, -0.1) is 0 Å². The summed E-state index contributed by atoms with van der Waals surface area (Å²) in [4.78, 5) is 16.1. The number of carbonyl (C=O) groups is 1. The van der Waals surface area contributed by atoms with Crippen LogP contribution < -0.4 is 4.90 Å². The quantitative estimate of drug-likeness (QED) is 0.836. The van der Waals surface area contributed by atoms with Gasteiger partial charge in [0.15, 0.2) is 0 Å². The SMILES string of the molecule is CCC(=O)N1CCN(c2cccc3ccccc23)CC1. The first-order chi connectivity index (χ1) is 9.79.